The highest BCUT2D eigenvalue weighted by atomic mass is 15.1. The second-order valence-electron chi connectivity index (χ2n) is 4.95. The molecule has 1 aromatic heterocycles. The van der Waals surface area contributed by atoms with Gasteiger partial charge in [-0.3, -0.25) is 0 Å². The molecule has 4 N–H and O–H groups in total. The molecule has 1 aliphatic carbocycles. The van der Waals surface area contributed by atoms with Gasteiger partial charge in [-0.05, 0) is 18.8 Å². The predicted molar refractivity (Wildman–Crippen MR) is 75.7 cm³/mol. The van der Waals surface area contributed by atoms with Crippen LogP contribution in [0.15, 0.2) is 6.07 Å². The summed E-state index contributed by atoms with van der Waals surface area (Å²) in [6.45, 7) is 2.26. The number of nitrogens with one attached hydrogen (secondary N) is 2. The van der Waals surface area contributed by atoms with Gasteiger partial charge < -0.3 is 16.4 Å². The van der Waals surface area contributed by atoms with E-state index in [1.807, 2.05) is 13.1 Å². The summed E-state index contributed by atoms with van der Waals surface area (Å²) in [7, 11) is 1.83. The molecule has 0 spiro atoms. The second kappa shape index (κ2) is 5.89. The highest BCUT2D eigenvalue weighted by Crippen LogP contribution is 2.29. The van der Waals surface area contributed by atoms with Crippen LogP contribution in [0.1, 0.15) is 39.0 Å². The molecule has 2 atom stereocenters. The van der Waals surface area contributed by atoms with Crippen LogP contribution < -0.4 is 16.4 Å². The summed E-state index contributed by atoms with van der Waals surface area (Å²) in [6, 6.07) is 2.43. The van der Waals surface area contributed by atoms with Crippen LogP contribution in [0.3, 0.4) is 0 Å². The van der Waals surface area contributed by atoms with Crippen molar-refractivity contribution in [3.8, 4) is 0 Å². The summed E-state index contributed by atoms with van der Waals surface area (Å²) < 4.78 is 0. The molecule has 0 aliphatic heterocycles. The standard InChI is InChI=1S/C13H23N5/c1-3-9-6-4-5-7-10(9)16-12-8-11(15-2)17-13(14)18-12/h8-10H,3-7H2,1-2H3,(H4,14,15,16,17,18). The summed E-state index contributed by atoms with van der Waals surface area (Å²) in [5.41, 5.74) is 5.71. The molecule has 0 saturated heterocycles. The van der Waals surface area contributed by atoms with Gasteiger partial charge in [0.2, 0.25) is 5.95 Å². The van der Waals surface area contributed by atoms with E-state index in [9.17, 15) is 0 Å². The van der Waals surface area contributed by atoms with Gasteiger partial charge in [0.05, 0.1) is 0 Å². The van der Waals surface area contributed by atoms with E-state index in [1.165, 1.54) is 32.1 Å². The van der Waals surface area contributed by atoms with Crippen molar-refractivity contribution in [3.63, 3.8) is 0 Å². The topological polar surface area (TPSA) is 75.9 Å². The fourth-order valence-corrected chi connectivity index (χ4v) is 2.74. The molecule has 2 rings (SSSR count). The number of hydrogen-bond donors (Lipinski definition) is 3. The first-order chi connectivity index (χ1) is 8.72. The maximum Gasteiger partial charge on any atom is 0.223 e. The molecule has 5 nitrogen and oxygen atoms in total. The molecule has 100 valence electrons. The fourth-order valence-electron chi connectivity index (χ4n) is 2.74. The SMILES string of the molecule is CCC1CCCCC1Nc1cc(NC)nc(N)n1. The third-order valence-corrected chi connectivity index (χ3v) is 3.77. The van der Waals surface area contributed by atoms with Crippen molar-refractivity contribution in [3.05, 3.63) is 6.07 Å². The predicted octanol–water partition coefficient (Wildman–Crippen LogP) is 2.48. The van der Waals surface area contributed by atoms with Gasteiger partial charge in [0, 0.05) is 19.2 Å². The third kappa shape index (κ3) is 3.03. The van der Waals surface area contributed by atoms with Gasteiger partial charge in [0.1, 0.15) is 11.6 Å². The zero-order valence-electron chi connectivity index (χ0n) is 11.2. The van der Waals surface area contributed by atoms with E-state index in [1.54, 1.807) is 0 Å². The molecule has 2 unspecified atom stereocenters. The van der Waals surface area contributed by atoms with Gasteiger partial charge >= 0.3 is 0 Å². The van der Waals surface area contributed by atoms with E-state index in [4.69, 9.17) is 5.73 Å². The first kappa shape index (κ1) is 12.9. The number of aromatic nitrogens is 2. The summed E-state index contributed by atoms with van der Waals surface area (Å²) in [6.07, 6.45) is 6.40. The molecule has 1 saturated carbocycles. The van der Waals surface area contributed by atoms with Crippen molar-refractivity contribution in [1.82, 2.24) is 9.97 Å². The lowest BCUT2D eigenvalue weighted by Crippen LogP contribution is -2.32. The fraction of sp³-hybridized carbons (Fsp3) is 0.692. The molecule has 1 aromatic rings. The van der Waals surface area contributed by atoms with Crippen molar-refractivity contribution in [2.45, 2.75) is 45.1 Å². The van der Waals surface area contributed by atoms with Crippen molar-refractivity contribution in [2.24, 2.45) is 5.92 Å². The van der Waals surface area contributed by atoms with Gasteiger partial charge in [-0.25, -0.2) is 0 Å². The summed E-state index contributed by atoms with van der Waals surface area (Å²) in [5.74, 6) is 2.65. The van der Waals surface area contributed by atoms with E-state index in [0.717, 1.165) is 17.6 Å². The molecule has 0 bridgehead atoms. The maximum absolute atomic E-state index is 5.71. The largest absolute Gasteiger partial charge is 0.373 e. The lowest BCUT2D eigenvalue weighted by molar-refractivity contribution is 0.317. The van der Waals surface area contributed by atoms with Gasteiger partial charge in [0.15, 0.2) is 0 Å². The minimum Gasteiger partial charge on any atom is -0.373 e. The molecule has 0 radical (unpaired) electrons. The Kier molecular flexibility index (Phi) is 4.23. The minimum atomic E-state index is 0.313. The first-order valence-corrected chi connectivity index (χ1v) is 6.81. The van der Waals surface area contributed by atoms with Crippen LogP contribution in [0.4, 0.5) is 17.6 Å². The van der Waals surface area contributed by atoms with Crippen LogP contribution >= 0.6 is 0 Å². The van der Waals surface area contributed by atoms with Crippen molar-refractivity contribution in [2.75, 3.05) is 23.4 Å². The van der Waals surface area contributed by atoms with Crippen LogP contribution in [0.5, 0.6) is 0 Å². The van der Waals surface area contributed by atoms with Crippen molar-refractivity contribution < 1.29 is 0 Å². The molecule has 0 aromatic carbocycles. The monoisotopic (exact) mass is 249 g/mol. The van der Waals surface area contributed by atoms with Crippen LogP contribution in [-0.2, 0) is 0 Å². The van der Waals surface area contributed by atoms with E-state index < -0.39 is 0 Å². The summed E-state index contributed by atoms with van der Waals surface area (Å²) in [5, 5.41) is 6.53. The van der Waals surface area contributed by atoms with Gasteiger partial charge in [0.25, 0.3) is 0 Å². The Bertz CT molecular complexity index is 393. The van der Waals surface area contributed by atoms with E-state index >= 15 is 0 Å². The third-order valence-electron chi connectivity index (χ3n) is 3.77. The van der Waals surface area contributed by atoms with Crippen LogP contribution in [0.2, 0.25) is 0 Å². The van der Waals surface area contributed by atoms with Gasteiger partial charge in [-0.1, -0.05) is 26.2 Å². The quantitative estimate of drug-likeness (QED) is 0.764. The molecule has 5 heteroatoms. The van der Waals surface area contributed by atoms with Crippen molar-refractivity contribution >= 4 is 17.6 Å². The maximum atomic E-state index is 5.71. The number of hydrogen-bond acceptors (Lipinski definition) is 5. The highest BCUT2D eigenvalue weighted by molar-refractivity contribution is 5.51. The Morgan fingerprint density at radius 2 is 2.00 bits per heavy atom. The van der Waals surface area contributed by atoms with E-state index in [2.05, 4.69) is 27.5 Å². The molecule has 0 amide bonds. The molecule has 1 heterocycles. The summed E-state index contributed by atoms with van der Waals surface area (Å²) in [4.78, 5) is 8.36. The molecular formula is C13H23N5. The Hall–Kier alpha value is -1.52. The number of nitrogen functional groups attached to an aromatic ring is 1. The average molecular weight is 249 g/mol. The summed E-state index contributed by atoms with van der Waals surface area (Å²) >= 11 is 0. The Morgan fingerprint density at radius 3 is 2.72 bits per heavy atom. The first-order valence-electron chi connectivity index (χ1n) is 6.81. The molecule has 1 fully saturated rings. The van der Waals surface area contributed by atoms with Crippen molar-refractivity contribution in [1.29, 1.82) is 0 Å². The molecule has 1 aliphatic rings. The Labute approximate surface area is 109 Å². The Morgan fingerprint density at radius 1 is 1.28 bits per heavy atom. The number of anilines is 3. The van der Waals surface area contributed by atoms with Crippen LogP contribution in [0.25, 0.3) is 0 Å². The van der Waals surface area contributed by atoms with Gasteiger partial charge in [-0.2, -0.15) is 9.97 Å². The average Bonchev–Trinajstić information content (AvgIpc) is 2.38. The smallest absolute Gasteiger partial charge is 0.223 e. The zero-order valence-corrected chi connectivity index (χ0v) is 11.2. The van der Waals surface area contributed by atoms with E-state index in [0.29, 0.717) is 12.0 Å². The minimum absolute atomic E-state index is 0.313. The number of nitrogens with zero attached hydrogens (tertiary/aromatic N) is 2. The number of rotatable bonds is 4. The molecular weight excluding hydrogens is 226 g/mol. The lowest BCUT2D eigenvalue weighted by atomic mass is 9.83. The van der Waals surface area contributed by atoms with Crippen LogP contribution in [-0.4, -0.2) is 23.1 Å². The second-order valence-corrected chi connectivity index (χ2v) is 4.95. The highest BCUT2D eigenvalue weighted by Gasteiger charge is 2.23. The normalized spacial score (nSPS) is 23.7. The van der Waals surface area contributed by atoms with Crippen LogP contribution in [0, 0.1) is 5.92 Å². The van der Waals surface area contributed by atoms with E-state index in [-0.39, 0.29) is 0 Å². The number of nitrogens with two attached hydrogens (primary N) is 1. The van der Waals surface area contributed by atoms with Gasteiger partial charge in [-0.15, -0.1) is 0 Å². The molecule has 18 heavy (non-hydrogen) atoms. The Balaban J connectivity index is 2.09. The lowest BCUT2D eigenvalue weighted by Gasteiger charge is -2.31. The zero-order chi connectivity index (χ0) is 13.0.